The highest BCUT2D eigenvalue weighted by molar-refractivity contribution is 5.93. The highest BCUT2D eigenvalue weighted by atomic mass is 16.4. The van der Waals surface area contributed by atoms with E-state index in [1.54, 1.807) is 6.92 Å². The summed E-state index contributed by atoms with van der Waals surface area (Å²) in [5.41, 5.74) is 1.90. The largest absolute Gasteiger partial charge is 0.480 e. The van der Waals surface area contributed by atoms with Crippen LogP contribution in [0, 0.1) is 13.8 Å². The summed E-state index contributed by atoms with van der Waals surface area (Å²) in [5, 5.41) is 14.8. The van der Waals surface area contributed by atoms with E-state index in [9.17, 15) is 14.7 Å². The molecule has 21 heavy (non-hydrogen) atoms. The number of benzene rings is 1. The van der Waals surface area contributed by atoms with Gasteiger partial charge in [0.15, 0.2) is 0 Å². The van der Waals surface area contributed by atoms with Gasteiger partial charge in [-0.05, 0) is 50.5 Å². The molecule has 1 atom stereocenters. The van der Waals surface area contributed by atoms with E-state index < -0.39 is 11.5 Å². The Hall–Kier alpha value is -1.88. The Bertz CT molecular complexity index is 528. The molecule has 0 saturated heterocycles. The van der Waals surface area contributed by atoms with Crippen molar-refractivity contribution >= 4 is 17.6 Å². The maximum Gasteiger partial charge on any atom is 0.323 e. The van der Waals surface area contributed by atoms with Gasteiger partial charge < -0.3 is 10.4 Å². The van der Waals surface area contributed by atoms with E-state index in [0.717, 1.165) is 23.2 Å². The highest BCUT2D eigenvalue weighted by Crippen LogP contribution is 2.15. The summed E-state index contributed by atoms with van der Waals surface area (Å²) in [5.74, 6) is -1.19. The van der Waals surface area contributed by atoms with Crippen molar-refractivity contribution in [3.8, 4) is 0 Å². The van der Waals surface area contributed by atoms with Crippen molar-refractivity contribution in [3.63, 3.8) is 0 Å². The van der Waals surface area contributed by atoms with Gasteiger partial charge in [0.2, 0.25) is 5.91 Å². The molecule has 0 bridgehead atoms. The van der Waals surface area contributed by atoms with Crippen molar-refractivity contribution < 1.29 is 14.7 Å². The number of aliphatic carboxylic acids is 1. The number of carboxylic acids is 1. The van der Waals surface area contributed by atoms with Gasteiger partial charge >= 0.3 is 5.97 Å². The third-order valence-corrected chi connectivity index (χ3v) is 3.65. The fraction of sp³-hybridized carbons (Fsp3) is 0.500. The number of rotatable bonds is 7. The maximum atomic E-state index is 11.9. The monoisotopic (exact) mass is 292 g/mol. The molecule has 1 aromatic rings. The van der Waals surface area contributed by atoms with Gasteiger partial charge in [-0.15, -0.1) is 0 Å². The number of hydrogen-bond donors (Lipinski definition) is 3. The summed E-state index contributed by atoms with van der Waals surface area (Å²) in [6, 6.07) is 5.68. The first kappa shape index (κ1) is 17.2. The number of carbonyl (C=O) groups excluding carboxylic acids is 1. The van der Waals surface area contributed by atoms with Gasteiger partial charge in [0.05, 0.1) is 6.54 Å². The SMILES string of the molecule is CCCC(C)(NCC(=O)Nc1ccc(C)c(C)c1)C(=O)O. The molecule has 0 aliphatic carbocycles. The zero-order chi connectivity index (χ0) is 16.0. The van der Waals surface area contributed by atoms with Gasteiger partial charge in [0.1, 0.15) is 5.54 Å². The molecule has 1 unspecified atom stereocenters. The zero-order valence-corrected chi connectivity index (χ0v) is 13.1. The molecule has 0 saturated carbocycles. The normalized spacial score (nSPS) is 13.5. The van der Waals surface area contributed by atoms with E-state index in [4.69, 9.17) is 0 Å². The fourth-order valence-corrected chi connectivity index (χ4v) is 2.07. The Kier molecular flexibility index (Phi) is 5.90. The van der Waals surface area contributed by atoms with Crippen LogP contribution in [-0.4, -0.2) is 29.1 Å². The van der Waals surface area contributed by atoms with Crippen molar-refractivity contribution in [2.45, 2.75) is 46.1 Å². The van der Waals surface area contributed by atoms with Crippen molar-refractivity contribution in [2.75, 3.05) is 11.9 Å². The molecule has 0 radical (unpaired) electrons. The van der Waals surface area contributed by atoms with Gasteiger partial charge in [-0.1, -0.05) is 19.4 Å². The summed E-state index contributed by atoms with van der Waals surface area (Å²) in [7, 11) is 0. The summed E-state index contributed by atoms with van der Waals surface area (Å²) in [6.07, 6.45) is 1.20. The fourth-order valence-electron chi connectivity index (χ4n) is 2.07. The first-order valence-corrected chi connectivity index (χ1v) is 7.14. The van der Waals surface area contributed by atoms with Crippen LogP contribution in [0.15, 0.2) is 18.2 Å². The summed E-state index contributed by atoms with van der Waals surface area (Å²) in [6.45, 7) is 7.47. The van der Waals surface area contributed by atoms with Crippen LogP contribution in [0.2, 0.25) is 0 Å². The standard InChI is InChI=1S/C16H24N2O3/c1-5-8-16(4,15(20)21)17-10-14(19)18-13-7-6-11(2)12(3)9-13/h6-7,9,17H,5,8,10H2,1-4H3,(H,18,19)(H,20,21). The Balaban J connectivity index is 2.61. The molecule has 0 aromatic heterocycles. The molecule has 0 fully saturated rings. The quantitative estimate of drug-likeness (QED) is 0.721. The number of carbonyl (C=O) groups is 2. The third kappa shape index (κ3) is 4.86. The van der Waals surface area contributed by atoms with Gasteiger partial charge in [0.25, 0.3) is 0 Å². The number of anilines is 1. The second-order valence-corrected chi connectivity index (χ2v) is 5.59. The molecule has 5 heteroatoms. The Labute approximate surface area is 125 Å². The number of hydrogen-bond acceptors (Lipinski definition) is 3. The maximum absolute atomic E-state index is 11.9. The predicted octanol–water partition coefficient (Wildman–Crippen LogP) is 2.47. The number of carboxylic acid groups (broad SMARTS) is 1. The van der Waals surface area contributed by atoms with E-state index >= 15 is 0 Å². The summed E-state index contributed by atoms with van der Waals surface area (Å²) < 4.78 is 0. The van der Waals surface area contributed by atoms with Gasteiger partial charge in [-0.2, -0.15) is 0 Å². The molecule has 3 N–H and O–H groups in total. The Morgan fingerprint density at radius 2 is 1.90 bits per heavy atom. The Morgan fingerprint density at radius 1 is 1.24 bits per heavy atom. The van der Waals surface area contributed by atoms with E-state index in [0.29, 0.717) is 6.42 Å². The van der Waals surface area contributed by atoms with Crippen molar-refractivity contribution in [2.24, 2.45) is 0 Å². The van der Waals surface area contributed by atoms with E-state index in [1.165, 1.54) is 0 Å². The molecule has 1 rings (SSSR count). The second kappa shape index (κ2) is 7.22. The molecule has 0 heterocycles. The van der Waals surface area contributed by atoms with Gasteiger partial charge in [0, 0.05) is 5.69 Å². The van der Waals surface area contributed by atoms with Crippen LogP contribution in [0.1, 0.15) is 37.8 Å². The third-order valence-electron chi connectivity index (χ3n) is 3.65. The summed E-state index contributed by atoms with van der Waals surface area (Å²) >= 11 is 0. The molecular formula is C16H24N2O3. The minimum Gasteiger partial charge on any atom is -0.480 e. The lowest BCUT2D eigenvalue weighted by Gasteiger charge is -2.25. The summed E-state index contributed by atoms with van der Waals surface area (Å²) in [4.78, 5) is 23.2. The van der Waals surface area contributed by atoms with Crippen LogP contribution in [-0.2, 0) is 9.59 Å². The average molecular weight is 292 g/mol. The lowest BCUT2D eigenvalue weighted by Crippen LogP contribution is -2.51. The van der Waals surface area contributed by atoms with Crippen LogP contribution < -0.4 is 10.6 Å². The van der Waals surface area contributed by atoms with Crippen LogP contribution in [0.4, 0.5) is 5.69 Å². The smallest absolute Gasteiger partial charge is 0.323 e. The molecule has 0 aliphatic rings. The molecule has 1 aromatic carbocycles. The molecule has 116 valence electrons. The van der Waals surface area contributed by atoms with Gasteiger partial charge in [-0.3, -0.25) is 14.9 Å². The van der Waals surface area contributed by atoms with Crippen molar-refractivity contribution in [1.29, 1.82) is 0 Å². The second-order valence-electron chi connectivity index (χ2n) is 5.59. The Morgan fingerprint density at radius 3 is 2.43 bits per heavy atom. The van der Waals surface area contributed by atoms with Crippen molar-refractivity contribution in [3.05, 3.63) is 29.3 Å². The molecular weight excluding hydrogens is 268 g/mol. The average Bonchev–Trinajstić information content (AvgIpc) is 2.41. The topological polar surface area (TPSA) is 78.4 Å². The zero-order valence-electron chi connectivity index (χ0n) is 13.1. The van der Waals surface area contributed by atoms with Crippen LogP contribution in [0.5, 0.6) is 0 Å². The molecule has 0 spiro atoms. The predicted molar refractivity (Wildman–Crippen MR) is 83.5 cm³/mol. The van der Waals surface area contributed by atoms with Crippen LogP contribution in [0.3, 0.4) is 0 Å². The van der Waals surface area contributed by atoms with E-state index in [-0.39, 0.29) is 12.5 Å². The lowest BCUT2D eigenvalue weighted by molar-refractivity contribution is -0.144. The lowest BCUT2D eigenvalue weighted by atomic mass is 9.96. The number of nitrogens with one attached hydrogen (secondary N) is 2. The van der Waals surface area contributed by atoms with Crippen LogP contribution >= 0.6 is 0 Å². The number of amides is 1. The highest BCUT2D eigenvalue weighted by Gasteiger charge is 2.31. The minimum atomic E-state index is -1.07. The number of aryl methyl sites for hydroxylation is 2. The molecule has 0 aliphatic heterocycles. The molecule has 1 amide bonds. The first-order chi connectivity index (χ1) is 9.78. The van der Waals surface area contributed by atoms with E-state index in [2.05, 4.69) is 10.6 Å². The van der Waals surface area contributed by atoms with E-state index in [1.807, 2.05) is 39.0 Å². The van der Waals surface area contributed by atoms with Gasteiger partial charge in [-0.25, -0.2) is 0 Å². The first-order valence-electron chi connectivity index (χ1n) is 7.14. The van der Waals surface area contributed by atoms with Crippen LogP contribution in [0.25, 0.3) is 0 Å². The van der Waals surface area contributed by atoms with Crippen molar-refractivity contribution in [1.82, 2.24) is 5.32 Å². The minimum absolute atomic E-state index is 0.0320. The molecule has 5 nitrogen and oxygen atoms in total.